The molecule has 6 heteroatoms. The van der Waals surface area contributed by atoms with Crippen molar-refractivity contribution in [2.24, 2.45) is 0 Å². The van der Waals surface area contributed by atoms with Crippen molar-refractivity contribution in [2.75, 3.05) is 33.2 Å². The van der Waals surface area contributed by atoms with Crippen LogP contribution in [0.2, 0.25) is 0 Å². The minimum Gasteiger partial charge on any atom is -0.354 e. The Morgan fingerprint density at radius 3 is 2.27 bits per heavy atom. The molecule has 2 N–H and O–H groups in total. The zero-order chi connectivity index (χ0) is 21.2. The number of hydrogen-bond donors (Lipinski definition) is 2. The average molecular weight is 409 g/mol. The molecule has 1 unspecified atom stereocenters. The molecular weight excluding hydrogens is 376 g/mol. The van der Waals surface area contributed by atoms with Crippen LogP contribution in [-0.4, -0.2) is 55.0 Å². The molecule has 160 valence electrons. The summed E-state index contributed by atoms with van der Waals surface area (Å²) in [6.07, 6.45) is 2.69. The van der Waals surface area contributed by atoms with Gasteiger partial charge < -0.3 is 15.5 Å². The summed E-state index contributed by atoms with van der Waals surface area (Å²) in [4.78, 5) is 28.6. The summed E-state index contributed by atoms with van der Waals surface area (Å²) in [5, 5.41) is 5.88. The van der Waals surface area contributed by atoms with E-state index in [1.54, 1.807) is 11.9 Å². The van der Waals surface area contributed by atoms with Gasteiger partial charge in [-0.2, -0.15) is 0 Å². The third kappa shape index (κ3) is 6.59. The van der Waals surface area contributed by atoms with Crippen molar-refractivity contribution in [2.45, 2.75) is 31.8 Å². The first-order valence-corrected chi connectivity index (χ1v) is 10.7. The average Bonchev–Trinajstić information content (AvgIpc) is 3.30. The van der Waals surface area contributed by atoms with Gasteiger partial charge >= 0.3 is 6.03 Å². The monoisotopic (exact) mass is 408 g/mol. The number of carbonyl (C=O) groups excluding carboxylic acids is 2. The van der Waals surface area contributed by atoms with Crippen LogP contribution in [0.4, 0.5) is 4.79 Å². The molecule has 0 aromatic heterocycles. The van der Waals surface area contributed by atoms with E-state index in [1.165, 1.54) is 18.4 Å². The fourth-order valence-electron chi connectivity index (χ4n) is 3.83. The summed E-state index contributed by atoms with van der Waals surface area (Å²) < 4.78 is 0. The predicted molar refractivity (Wildman–Crippen MR) is 119 cm³/mol. The highest BCUT2D eigenvalue weighted by Gasteiger charge is 2.23. The molecule has 3 amide bonds. The number of nitrogens with one attached hydrogen (secondary N) is 2. The van der Waals surface area contributed by atoms with Gasteiger partial charge in [-0.3, -0.25) is 9.69 Å². The summed E-state index contributed by atoms with van der Waals surface area (Å²) in [5.41, 5.74) is 2.30. The van der Waals surface area contributed by atoms with Crippen molar-refractivity contribution in [3.8, 4) is 0 Å². The molecule has 30 heavy (non-hydrogen) atoms. The zero-order valence-corrected chi connectivity index (χ0v) is 17.7. The van der Waals surface area contributed by atoms with Crippen molar-refractivity contribution in [3.05, 3.63) is 71.8 Å². The molecule has 1 fully saturated rings. The molecule has 1 saturated heterocycles. The fraction of sp³-hybridized carbons (Fsp3) is 0.417. The van der Waals surface area contributed by atoms with Gasteiger partial charge in [0.1, 0.15) is 0 Å². The number of amides is 3. The second-order valence-electron chi connectivity index (χ2n) is 7.80. The lowest BCUT2D eigenvalue weighted by Gasteiger charge is -2.28. The zero-order valence-electron chi connectivity index (χ0n) is 17.7. The Labute approximate surface area is 179 Å². The first-order valence-electron chi connectivity index (χ1n) is 10.7. The molecular formula is C24H32N4O2. The quantitative estimate of drug-likeness (QED) is 0.670. The van der Waals surface area contributed by atoms with E-state index in [-0.39, 0.29) is 24.4 Å². The molecule has 1 atom stereocenters. The number of hydrogen-bond acceptors (Lipinski definition) is 3. The molecule has 6 nitrogen and oxygen atoms in total. The van der Waals surface area contributed by atoms with Crippen LogP contribution in [0.25, 0.3) is 0 Å². The normalized spacial score (nSPS) is 14.8. The molecule has 0 radical (unpaired) electrons. The summed E-state index contributed by atoms with van der Waals surface area (Å²) >= 11 is 0. The summed E-state index contributed by atoms with van der Waals surface area (Å²) in [5.74, 6) is -0.0406. The van der Waals surface area contributed by atoms with E-state index in [0.29, 0.717) is 19.6 Å². The van der Waals surface area contributed by atoms with E-state index in [1.807, 2.05) is 48.5 Å². The smallest absolute Gasteiger partial charge is 0.317 e. The highest BCUT2D eigenvalue weighted by Crippen LogP contribution is 2.24. The summed E-state index contributed by atoms with van der Waals surface area (Å²) in [6.45, 7) is 3.58. The summed E-state index contributed by atoms with van der Waals surface area (Å²) in [7, 11) is 1.75. The standard InChI is InChI=1S/C24H32N4O2/c1-27(19-20-10-4-2-5-11-20)24(30)25-15-14-23(29)26-18-22(28-16-8-9-17-28)21-12-6-3-7-13-21/h2-7,10-13,22H,8-9,14-19H2,1H3,(H,25,30)(H,26,29). The third-order valence-corrected chi connectivity index (χ3v) is 5.50. The lowest BCUT2D eigenvalue weighted by Crippen LogP contribution is -2.40. The molecule has 2 aromatic rings. The van der Waals surface area contributed by atoms with Gasteiger partial charge in [0.2, 0.25) is 5.91 Å². The van der Waals surface area contributed by atoms with Gasteiger partial charge in [0, 0.05) is 33.1 Å². The third-order valence-electron chi connectivity index (χ3n) is 5.50. The molecule has 0 aliphatic carbocycles. The number of likely N-dealkylation sites (tertiary alicyclic amines) is 1. The van der Waals surface area contributed by atoms with Crippen molar-refractivity contribution >= 4 is 11.9 Å². The van der Waals surface area contributed by atoms with Crippen LogP contribution in [0.3, 0.4) is 0 Å². The van der Waals surface area contributed by atoms with Crippen LogP contribution in [-0.2, 0) is 11.3 Å². The Kier molecular flexibility index (Phi) is 8.27. The lowest BCUT2D eigenvalue weighted by molar-refractivity contribution is -0.121. The number of urea groups is 1. The van der Waals surface area contributed by atoms with Crippen molar-refractivity contribution < 1.29 is 9.59 Å². The van der Waals surface area contributed by atoms with E-state index >= 15 is 0 Å². The van der Waals surface area contributed by atoms with Crippen LogP contribution in [0.15, 0.2) is 60.7 Å². The topological polar surface area (TPSA) is 64.7 Å². The van der Waals surface area contributed by atoms with Crippen LogP contribution < -0.4 is 10.6 Å². The van der Waals surface area contributed by atoms with Crippen LogP contribution in [0, 0.1) is 0 Å². The molecule has 1 heterocycles. The number of nitrogens with zero attached hydrogens (tertiary/aromatic N) is 2. The van der Waals surface area contributed by atoms with Crippen molar-refractivity contribution in [1.29, 1.82) is 0 Å². The Bertz CT molecular complexity index is 791. The van der Waals surface area contributed by atoms with Gasteiger partial charge in [-0.15, -0.1) is 0 Å². The Morgan fingerprint density at radius 2 is 1.60 bits per heavy atom. The minimum atomic E-state index is -0.175. The second-order valence-corrected chi connectivity index (χ2v) is 7.80. The van der Waals surface area contributed by atoms with Crippen LogP contribution >= 0.6 is 0 Å². The maximum atomic E-state index is 12.3. The van der Waals surface area contributed by atoms with Crippen molar-refractivity contribution in [1.82, 2.24) is 20.4 Å². The predicted octanol–water partition coefficient (Wildman–Crippen LogP) is 3.17. The van der Waals surface area contributed by atoms with Crippen LogP contribution in [0.5, 0.6) is 0 Å². The Balaban J connectivity index is 1.40. The maximum Gasteiger partial charge on any atom is 0.317 e. The van der Waals surface area contributed by atoms with Gasteiger partial charge in [0.15, 0.2) is 0 Å². The van der Waals surface area contributed by atoms with Gasteiger partial charge in [-0.1, -0.05) is 60.7 Å². The number of rotatable bonds is 9. The van der Waals surface area contributed by atoms with Crippen LogP contribution in [0.1, 0.15) is 36.4 Å². The Hall–Kier alpha value is -2.86. The molecule has 3 rings (SSSR count). The van der Waals surface area contributed by atoms with E-state index in [4.69, 9.17) is 0 Å². The largest absolute Gasteiger partial charge is 0.354 e. The molecule has 0 spiro atoms. The molecule has 0 bridgehead atoms. The van der Waals surface area contributed by atoms with Gasteiger partial charge in [-0.25, -0.2) is 4.79 Å². The molecule has 0 saturated carbocycles. The molecule has 1 aliphatic rings. The van der Waals surface area contributed by atoms with Gasteiger partial charge in [0.05, 0.1) is 6.04 Å². The fourth-order valence-corrected chi connectivity index (χ4v) is 3.83. The van der Waals surface area contributed by atoms with E-state index < -0.39 is 0 Å². The SMILES string of the molecule is CN(Cc1ccccc1)C(=O)NCCC(=O)NCC(c1ccccc1)N1CCCC1. The molecule has 1 aliphatic heterocycles. The first-order chi connectivity index (χ1) is 14.6. The molecule has 2 aromatic carbocycles. The first kappa shape index (κ1) is 21.8. The maximum absolute atomic E-state index is 12.3. The highest BCUT2D eigenvalue weighted by atomic mass is 16.2. The summed E-state index contributed by atoms with van der Waals surface area (Å²) in [6, 6.07) is 20.2. The van der Waals surface area contributed by atoms with Gasteiger partial charge in [-0.05, 0) is 37.1 Å². The van der Waals surface area contributed by atoms with E-state index in [0.717, 1.165) is 18.7 Å². The minimum absolute atomic E-state index is 0.0406. The number of benzene rings is 2. The van der Waals surface area contributed by atoms with E-state index in [9.17, 15) is 9.59 Å². The lowest BCUT2D eigenvalue weighted by atomic mass is 10.1. The van der Waals surface area contributed by atoms with E-state index in [2.05, 4.69) is 27.7 Å². The Morgan fingerprint density at radius 1 is 0.967 bits per heavy atom. The van der Waals surface area contributed by atoms with Gasteiger partial charge in [0.25, 0.3) is 0 Å². The highest BCUT2D eigenvalue weighted by molar-refractivity contribution is 5.78. The second kappa shape index (κ2) is 11.4. The van der Waals surface area contributed by atoms with Crippen molar-refractivity contribution in [3.63, 3.8) is 0 Å². The number of carbonyl (C=O) groups is 2.